The monoisotopic (exact) mass is 436 g/mol. The van der Waals surface area contributed by atoms with Crippen LogP contribution in [0.1, 0.15) is 45.6 Å². The fraction of sp³-hybridized carbons (Fsp3) is 0.250. The van der Waals surface area contributed by atoms with Gasteiger partial charge in [-0.3, -0.25) is 14.6 Å². The van der Waals surface area contributed by atoms with Crippen molar-refractivity contribution in [1.82, 2.24) is 9.55 Å². The summed E-state index contributed by atoms with van der Waals surface area (Å²) in [5.41, 5.74) is 1.72. The number of esters is 2. The highest BCUT2D eigenvalue weighted by Crippen LogP contribution is 2.27. The topological polar surface area (TPSA) is 96.7 Å². The third-order valence-electron chi connectivity index (χ3n) is 4.84. The summed E-state index contributed by atoms with van der Waals surface area (Å²) in [5, 5.41) is 0. The van der Waals surface area contributed by atoms with Gasteiger partial charge in [0, 0.05) is 18.3 Å². The number of rotatable bonds is 9. The fourth-order valence-electron chi connectivity index (χ4n) is 3.31. The number of hydrogen-bond acceptors (Lipinski definition) is 7. The van der Waals surface area contributed by atoms with Gasteiger partial charge in [-0.1, -0.05) is 6.07 Å². The Morgan fingerprint density at radius 3 is 2.38 bits per heavy atom. The SMILES string of the molecule is CCOC(=O)c1c(CCC(=O)OC)cc(C(=O)c2ccccn2)n1-c1ccc(OC)cc1. The summed E-state index contributed by atoms with van der Waals surface area (Å²) in [6.45, 7) is 1.86. The summed E-state index contributed by atoms with van der Waals surface area (Å²) in [6.07, 6.45) is 1.78. The quantitative estimate of drug-likeness (QED) is 0.375. The van der Waals surface area contributed by atoms with E-state index in [1.165, 1.54) is 13.3 Å². The molecular formula is C24H24N2O6. The summed E-state index contributed by atoms with van der Waals surface area (Å²) in [7, 11) is 2.85. The number of nitrogens with zero attached hydrogens (tertiary/aromatic N) is 2. The number of benzene rings is 1. The molecule has 0 bridgehead atoms. The van der Waals surface area contributed by atoms with Gasteiger partial charge in [0.25, 0.3) is 0 Å². The predicted molar refractivity (Wildman–Crippen MR) is 116 cm³/mol. The van der Waals surface area contributed by atoms with Crippen LogP contribution in [0.15, 0.2) is 54.7 Å². The van der Waals surface area contributed by atoms with E-state index in [4.69, 9.17) is 14.2 Å². The predicted octanol–water partition coefficient (Wildman–Crippen LogP) is 3.39. The zero-order valence-corrected chi connectivity index (χ0v) is 18.2. The van der Waals surface area contributed by atoms with Gasteiger partial charge < -0.3 is 18.8 Å². The van der Waals surface area contributed by atoms with Crippen molar-refractivity contribution in [2.24, 2.45) is 0 Å². The normalized spacial score (nSPS) is 10.5. The highest BCUT2D eigenvalue weighted by atomic mass is 16.5. The molecule has 8 heteroatoms. The second-order valence-corrected chi connectivity index (χ2v) is 6.78. The Balaban J connectivity index is 2.21. The van der Waals surface area contributed by atoms with Gasteiger partial charge in [0.2, 0.25) is 5.78 Å². The molecule has 0 radical (unpaired) electrons. The van der Waals surface area contributed by atoms with Crippen LogP contribution in [-0.2, 0) is 20.7 Å². The molecule has 0 amide bonds. The lowest BCUT2D eigenvalue weighted by molar-refractivity contribution is -0.140. The molecule has 0 aliphatic carbocycles. The summed E-state index contributed by atoms with van der Waals surface area (Å²) in [4.78, 5) is 42.2. The van der Waals surface area contributed by atoms with Crippen LogP contribution in [0.3, 0.4) is 0 Å². The lowest BCUT2D eigenvalue weighted by Gasteiger charge is -2.14. The average Bonchev–Trinajstić information content (AvgIpc) is 3.22. The Morgan fingerprint density at radius 1 is 1.03 bits per heavy atom. The van der Waals surface area contributed by atoms with Crippen molar-refractivity contribution >= 4 is 17.7 Å². The summed E-state index contributed by atoms with van der Waals surface area (Å²) >= 11 is 0. The van der Waals surface area contributed by atoms with E-state index in [0.717, 1.165) is 0 Å². The molecule has 0 N–H and O–H groups in total. The minimum absolute atomic E-state index is 0.0484. The molecule has 2 heterocycles. The Labute approximate surface area is 185 Å². The van der Waals surface area contributed by atoms with Crippen molar-refractivity contribution in [3.8, 4) is 11.4 Å². The number of ketones is 1. The minimum atomic E-state index is -0.594. The summed E-state index contributed by atoms with van der Waals surface area (Å²) < 4.78 is 16.8. The van der Waals surface area contributed by atoms with Crippen LogP contribution >= 0.6 is 0 Å². The molecular weight excluding hydrogens is 412 g/mol. The number of methoxy groups -OCH3 is 2. The molecule has 3 rings (SSSR count). The van der Waals surface area contributed by atoms with Gasteiger partial charge in [-0.05, 0) is 61.4 Å². The smallest absolute Gasteiger partial charge is 0.355 e. The molecule has 0 unspecified atom stereocenters. The van der Waals surface area contributed by atoms with E-state index >= 15 is 0 Å². The van der Waals surface area contributed by atoms with E-state index in [0.29, 0.717) is 17.0 Å². The molecule has 166 valence electrons. The Bertz CT molecular complexity index is 1100. The maximum Gasteiger partial charge on any atom is 0.355 e. The Kier molecular flexibility index (Phi) is 7.38. The molecule has 1 aromatic carbocycles. The summed E-state index contributed by atoms with van der Waals surface area (Å²) in [6, 6.07) is 13.6. The minimum Gasteiger partial charge on any atom is -0.497 e. The first-order valence-electron chi connectivity index (χ1n) is 10.1. The number of hydrogen-bond donors (Lipinski definition) is 0. The van der Waals surface area contributed by atoms with Crippen LogP contribution in [0.5, 0.6) is 5.75 Å². The molecule has 0 aliphatic rings. The van der Waals surface area contributed by atoms with Crippen molar-refractivity contribution in [1.29, 1.82) is 0 Å². The molecule has 0 fully saturated rings. The maximum atomic E-state index is 13.4. The van der Waals surface area contributed by atoms with Crippen molar-refractivity contribution in [2.75, 3.05) is 20.8 Å². The second-order valence-electron chi connectivity index (χ2n) is 6.78. The third kappa shape index (κ3) is 4.85. The zero-order valence-electron chi connectivity index (χ0n) is 18.2. The van der Waals surface area contributed by atoms with Crippen LogP contribution in [0.4, 0.5) is 0 Å². The molecule has 0 atom stereocenters. The standard InChI is InChI=1S/C24H24N2O6/c1-4-32-24(29)22-16(8-13-21(27)31-3)15-20(23(28)19-7-5-6-14-25-19)26(22)17-9-11-18(30-2)12-10-17/h5-7,9-12,14-15H,4,8,13H2,1-3H3. The first-order chi connectivity index (χ1) is 15.5. The second kappa shape index (κ2) is 10.4. The Morgan fingerprint density at radius 2 is 1.78 bits per heavy atom. The van der Waals surface area contributed by atoms with Crippen molar-refractivity contribution in [3.63, 3.8) is 0 Å². The molecule has 32 heavy (non-hydrogen) atoms. The first-order valence-corrected chi connectivity index (χ1v) is 10.1. The van der Waals surface area contributed by atoms with Crippen LogP contribution in [-0.4, -0.2) is 48.1 Å². The number of carbonyl (C=O) groups excluding carboxylic acids is 3. The molecule has 0 saturated carbocycles. The van der Waals surface area contributed by atoms with Gasteiger partial charge in [-0.15, -0.1) is 0 Å². The maximum absolute atomic E-state index is 13.4. The number of aromatic nitrogens is 2. The highest BCUT2D eigenvalue weighted by Gasteiger charge is 2.28. The number of ether oxygens (including phenoxy) is 3. The van der Waals surface area contributed by atoms with Gasteiger partial charge in [-0.2, -0.15) is 0 Å². The first kappa shape index (κ1) is 22.7. The lowest BCUT2D eigenvalue weighted by Crippen LogP contribution is -2.17. The average molecular weight is 436 g/mol. The largest absolute Gasteiger partial charge is 0.497 e. The van der Waals surface area contributed by atoms with Crippen molar-refractivity contribution < 1.29 is 28.6 Å². The Hall–Kier alpha value is -3.94. The van der Waals surface area contributed by atoms with Gasteiger partial charge in [0.15, 0.2) is 0 Å². The number of pyridine rings is 1. The third-order valence-corrected chi connectivity index (χ3v) is 4.84. The molecule has 0 spiro atoms. The highest BCUT2D eigenvalue weighted by molar-refractivity contribution is 6.08. The number of aryl methyl sites for hydroxylation is 1. The van der Waals surface area contributed by atoms with Crippen LogP contribution in [0, 0.1) is 0 Å². The van der Waals surface area contributed by atoms with Gasteiger partial charge in [0.05, 0.1) is 26.5 Å². The molecule has 0 aliphatic heterocycles. The van der Waals surface area contributed by atoms with E-state index in [1.54, 1.807) is 67.1 Å². The van der Waals surface area contributed by atoms with Gasteiger partial charge in [0.1, 0.15) is 17.1 Å². The van der Waals surface area contributed by atoms with Crippen LogP contribution < -0.4 is 4.74 Å². The van der Waals surface area contributed by atoms with E-state index in [1.807, 2.05) is 0 Å². The molecule has 8 nitrogen and oxygen atoms in total. The molecule has 3 aromatic rings. The molecule has 0 saturated heterocycles. The van der Waals surface area contributed by atoms with E-state index in [9.17, 15) is 14.4 Å². The lowest BCUT2D eigenvalue weighted by atomic mass is 10.1. The van der Waals surface area contributed by atoms with Gasteiger partial charge in [-0.25, -0.2) is 4.79 Å². The number of carbonyl (C=O) groups is 3. The molecule has 2 aromatic heterocycles. The van der Waals surface area contributed by atoms with E-state index < -0.39 is 11.9 Å². The van der Waals surface area contributed by atoms with E-state index in [-0.39, 0.29) is 42.3 Å². The van der Waals surface area contributed by atoms with Crippen molar-refractivity contribution in [2.45, 2.75) is 19.8 Å². The van der Waals surface area contributed by atoms with Crippen LogP contribution in [0.25, 0.3) is 5.69 Å². The summed E-state index contributed by atoms with van der Waals surface area (Å²) in [5.74, 6) is -0.753. The van der Waals surface area contributed by atoms with Crippen LogP contribution in [0.2, 0.25) is 0 Å². The van der Waals surface area contributed by atoms with Crippen molar-refractivity contribution in [3.05, 3.63) is 77.4 Å². The van der Waals surface area contributed by atoms with Gasteiger partial charge >= 0.3 is 11.9 Å². The van der Waals surface area contributed by atoms with E-state index in [2.05, 4.69) is 4.98 Å². The fourth-order valence-corrected chi connectivity index (χ4v) is 3.31. The zero-order chi connectivity index (χ0) is 23.1.